The minimum absolute atomic E-state index is 0.438. The van der Waals surface area contributed by atoms with Crippen LogP contribution in [0.25, 0.3) is 0 Å². The number of rotatable bonds is 18. The average molecular weight is 481 g/mol. The molecule has 0 spiro atoms. The number of ether oxygens (including phenoxy) is 6. The topological polar surface area (TPSA) is 55.4 Å². The smallest absolute Gasteiger partial charge is 0.161 e. The molecule has 0 heterocycles. The van der Waals surface area contributed by atoms with Gasteiger partial charge in [0.05, 0.1) is 52.9 Å². The molecule has 0 aliphatic heterocycles. The van der Waals surface area contributed by atoms with E-state index in [1.807, 2.05) is 85.8 Å². The molecule has 0 aliphatic carbocycles. The van der Waals surface area contributed by atoms with Gasteiger partial charge in [0, 0.05) is 0 Å². The fourth-order valence-electron chi connectivity index (χ4n) is 3.24. The molecule has 35 heavy (non-hydrogen) atoms. The Hall–Kier alpha value is -2.90. The van der Waals surface area contributed by atoms with E-state index in [-0.39, 0.29) is 0 Å². The summed E-state index contributed by atoms with van der Waals surface area (Å²) in [5.74, 6) is 1.41. The third kappa shape index (κ3) is 11.4. The highest BCUT2D eigenvalue weighted by atomic mass is 16.6. The second-order valence-electron chi connectivity index (χ2n) is 7.95. The normalized spacial score (nSPS) is 10.9. The average Bonchev–Trinajstić information content (AvgIpc) is 2.89. The van der Waals surface area contributed by atoms with Crippen LogP contribution in [0.5, 0.6) is 11.5 Å². The van der Waals surface area contributed by atoms with Crippen molar-refractivity contribution in [3.05, 3.63) is 95.6 Å². The number of aryl methyl sites for hydroxylation is 1. The van der Waals surface area contributed by atoms with Crippen molar-refractivity contribution in [2.45, 2.75) is 20.1 Å². The van der Waals surface area contributed by atoms with E-state index in [0.717, 1.165) is 16.7 Å². The molecule has 188 valence electrons. The molecule has 6 nitrogen and oxygen atoms in total. The Morgan fingerprint density at radius 3 is 1.46 bits per heavy atom. The first-order valence-electron chi connectivity index (χ1n) is 12.1. The zero-order valence-corrected chi connectivity index (χ0v) is 20.5. The number of hydrogen-bond donors (Lipinski definition) is 0. The zero-order valence-electron chi connectivity index (χ0n) is 20.5. The van der Waals surface area contributed by atoms with E-state index < -0.39 is 0 Å². The van der Waals surface area contributed by atoms with Gasteiger partial charge < -0.3 is 28.4 Å². The molecule has 0 aliphatic rings. The molecule has 3 rings (SSSR count). The maximum absolute atomic E-state index is 5.89. The van der Waals surface area contributed by atoms with Gasteiger partial charge in [0.1, 0.15) is 13.2 Å². The molecular weight excluding hydrogens is 444 g/mol. The molecule has 3 aromatic carbocycles. The molecule has 0 N–H and O–H groups in total. The second kappa shape index (κ2) is 16.7. The first-order chi connectivity index (χ1) is 17.3. The van der Waals surface area contributed by atoms with Crippen LogP contribution in [-0.2, 0) is 32.2 Å². The second-order valence-corrected chi connectivity index (χ2v) is 7.95. The van der Waals surface area contributed by atoms with Crippen LogP contribution >= 0.6 is 0 Å². The Morgan fingerprint density at radius 1 is 0.457 bits per heavy atom. The molecule has 0 bridgehead atoms. The molecule has 0 unspecified atom stereocenters. The van der Waals surface area contributed by atoms with Crippen LogP contribution in [0.3, 0.4) is 0 Å². The largest absolute Gasteiger partial charge is 0.487 e. The Kier molecular flexibility index (Phi) is 12.7. The van der Waals surface area contributed by atoms with Crippen LogP contribution in [0.4, 0.5) is 0 Å². The Morgan fingerprint density at radius 2 is 0.914 bits per heavy atom. The van der Waals surface area contributed by atoms with Crippen molar-refractivity contribution >= 4 is 0 Å². The van der Waals surface area contributed by atoms with Crippen LogP contribution < -0.4 is 9.47 Å². The Labute approximate surface area is 208 Å². The summed E-state index contributed by atoms with van der Waals surface area (Å²) in [6, 6.07) is 26.1. The van der Waals surface area contributed by atoms with E-state index in [1.54, 1.807) is 0 Å². The first-order valence-corrected chi connectivity index (χ1v) is 12.1. The van der Waals surface area contributed by atoms with Crippen LogP contribution in [0.2, 0.25) is 0 Å². The van der Waals surface area contributed by atoms with E-state index in [1.165, 1.54) is 0 Å². The monoisotopic (exact) mass is 480 g/mol. The predicted octanol–water partition coefficient (Wildman–Crippen LogP) is 5.22. The van der Waals surface area contributed by atoms with Gasteiger partial charge in [0.15, 0.2) is 11.5 Å². The van der Waals surface area contributed by atoms with Crippen LogP contribution in [-0.4, -0.2) is 52.9 Å². The molecule has 0 amide bonds. The van der Waals surface area contributed by atoms with Crippen LogP contribution in [0.15, 0.2) is 78.9 Å². The minimum Gasteiger partial charge on any atom is -0.487 e. The molecule has 3 aromatic rings. The third-order valence-corrected chi connectivity index (χ3v) is 5.04. The maximum Gasteiger partial charge on any atom is 0.161 e. The number of hydrogen-bond acceptors (Lipinski definition) is 6. The van der Waals surface area contributed by atoms with Gasteiger partial charge in [-0.1, -0.05) is 66.7 Å². The van der Waals surface area contributed by atoms with Gasteiger partial charge in [0.2, 0.25) is 0 Å². The summed E-state index contributed by atoms with van der Waals surface area (Å²) in [6.45, 7) is 7.19. The van der Waals surface area contributed by atoms with Crippen molar-refractivity contribution in [2.75, 3.05) is 52.9 Å². The summed E-state index contributed by atoms with van der Waals surface area (Å²) in [5, 5.41) is 0. The summed E-state index contributed by atoms with van der Waals surface area (Å²) in [5.41, 5.74) is 3.42. The molecule has 0 aromatic heterocycles. The molecule has 6 heteroatoms. The zero-order chi connectivity index (χ0) is 24.4. The molecular formula is C29H36O6. The molecule has 0 fully saturated rings. The molecule has 0 saturated carbocycles. The van der Waals surface area contributed by atoms with E-state index in [9.17, 15) is 0 Å². The van der Waals surface area contributed by atoms with Crippen molar-refractivity contribution in [2.24, 2.45) is 0 Å². The quantitative estimate of drug-likeness (QED) is 0.233. The van der Waals surface area contributed by atoms with Crippen molar-refractivity contribution in [1.29, 1.82) is 0 Å². The van der Waals surface area contributed by atoms with Crippen LogP contribution in [0, 0.1) is 6.92 Å². The highest BCUT2D eigenvalue weighted by Gasteiger charge is 2.06. The van der Waals surface area contributed by atoms with Gasteiger partial charge in [-0.25, -0.2) is 0 Å². The summed E-state index contributed by atoms with van der Waals surface area (Å²) >= 11 is 0. The highest BCUT2D eigenvalue weighted by Crippen LogP contribution is 2.28. The fraction of sp³-hybridized carbons (Fsp3) is 0.379. The maximum atomic E-state index is 5.89. The Bertz CT molecular complexity index is 932. The first kappa shape index (κ1) is 26.7. The van der Waals surface area contributed by atoms with E-state index >= 15 is 0 Å². The van der Waals surface area contributed by atoms with Gasteiger partial charge in [-0.15, -0.1) is 0 Å². The molecule has 0 saturated heterocycles. The summed E-state index contributed by atoms with van der Waals surface area (Å²) in [7, 11) is 0. The van der Waals surface area contributed by atoms with Gasteiger partial charge in [-0.2, -0.15) is 0 Å². The van der Waals surface area contributed by atoms with E-state index in [0.29, 0.717) is 77.6 Å². The summed E-state index contributed by atoms with van der Waals surface area (Å²) < 4.78 is 34.2. The fourth-order valence-corrected chi connectivity index (χ4v) is 3.24. The minimum atomic E-state index is 0.438. The summed E-state index contributed by atoms with van der Waals surface area (Å²) in [6.07, 6.45) is 0. The molecule has 0 atom stereocenters. The van der Waals surface area contributed by atoms with Gasteiger partial charge in [-0.05, 0) is 35.7 Å². The lowest BCUT2D eigenvalue weighted by atomic mass is 10.2. The SMILES string of the molecule is Cc1ccc(OCCOCCOCc2ccccc2)c(OCCOCCOCc2ccccc2)c1. The highest BCUT2D eigenvalue weighted by molar-refractivity contribution is 5.42. The van der Waals surface area contributed by atoms with Crippen molar-refractivity contribution in [1.82, 2.24) is 0 Å². The number of benzene rings is 3. The standard InChI is InChI=1S/C29H36O6/c1-25-12-13-28(34-20-18-30-14-16-32-23-26-8-4-2-5-9-26)29(22-25)35-21-19-31-15-17-33-24-27-10-6-3-7-11-27/h2-13,22H,14-21,23-24H2,1H3. The van der Waals surface area contributed by atoms with Gasteiger partial charge in [-0.3, -0.25) is 0 Å². The van der Waals surface area contributed by atoms with Crippen LogP contribution in [0.1, 0.15) is 16.7 Å². The lowest BCUT2D eigenvalue weighted by Gasteiger charge is -2.14. The third-order valence-electron chi connectivity index (χ3n) is 5.04. The Balaban J connectivity index is 1.22. The predicted molar refractivity (Wildman–Crippen MR) is 136 cm³/mol. The summed E-state index contributed by atoms with van der Waals surface area (Å²) in [4.78, 5) is 0. The van der Waals surface area contributed by atoms with Crippen molar-refractivity contribution in [3.63, 3.8) is 0 Å². The van der Waals surface area contributed by atoms with Crippen molar-refractivity contribution < 1.29 is 28.4 Å². The van der Waals surface area contributed by atoms with E-state index in [2.05, 4.69) is 0 Å². The van der Waals surface area contributed by atoms with Crippen molar-refractivity contribution in [3.8, 4) is 11.5 Å². The van der Waals surface area contributed by atoms with Gasteiger partial charge in [0.25, 0.3) is 0 Å². The molecule has 0 radical (unpaired) electrons. The lowest BCUT2D eigenvalue weighted by Crippen LogP contribution is -2.13. The van der Waals surface area contributed by atoms with E-state index in [4.69, 9.17) is 28.4 Å². The van der Waals surface area contributed by atoms with Gasteiger partial charge >= 0.3 is 0 Å². The lowest BCUT2D eigenvalue weighted by molar-refractivity contribution is 0.0274.